The molecule has 1 fully saturated rings. The fourth-order valence-electron chi connectivity index (χ4n) is 1.77. The summed E-state index contributed by atoms with van der Waals surface area (Å²) in [6.45, 7) is 0. The Morgan fingerprint density at radius 1 is 1.40 bits per heavy atom. The Hall–Kier alpha value is -1.27. The monoisotopic (exact) mass is 222 g/mol. The Bertz CT molecular complexity index is 394. The van der Waals surface area contributed by atoms with E-state index >= 15 is 0 Å². The van der Waals surface area contributed by atoms with Gasteiger partial charge in [-0.15, -0.1) is 0 Å². The highest BCUT2D eigenvalue weighted by Gasteiger charge is 2.17. The Balaban J connectivity index is 2.13. The van der Waals surface area contributed by atoms with E-state index in [1.807, 2.05) is 6.07 Å². The number of aromatic nitrogens is 1. The summed E-state index contributed by atoms with van der Waals surface area (Å²) in [5.41, 5.74) is 0.489. The number of nitriles is 1. The fourth-order valence-corrected chi connectivity index (χ4v) is 1.98. The van der Waals surface area contributed by atoms with Gasteiger partial charge in [-0.3, -0.25) is 0 Å². The molecule has 0 atom stereocenters. The summed E-state index contributed by atoms with van der Waals surface area (Å²) < 4.78 is 5.65. The lowest BCUT2D eigenvalue weighted by Gasteiger charge is -2.11. The lowest BCUT2D eigenvalue weighted by Crippen LogP contribution is -2.11. The maximum absolute atomic E-state index is 8.76. The average Bonchev–Trinajstić information content (AvgIpc) is 2.69. The van der Waals surface area contributed by atoms with E-state index in [1.54, 1.807) is 6.07 Å². The molecule has 1 heterocycles. The Kier molecular flexibility index (Phi) is 3.08. The zero-order valence-electron chi connectivity index (χ0n) is 8.24. The van der Waals surface area contributed by atoms with Gasteiger partial charge >= 0.3 is 0 Å². The number of nitrogens with zero attached hydrogens (tertiary/aromatic N) is 2. The van der Waals surface area contributed by atoms with Crippen LogP contribution in [0.3, 0.4) is 0 Å². The van der Waals surface area contributed by atoms with Gasteiger partial charge in [0.25, 0.3) is 0 Å². The molecule has 0 unspecified atom stereocenters. The molecule has 0 aliphatic heterocycles. The molecule has 1 aromatic rings. The number of hydrogen-bond acceptors (Lipinski definition) is 3. The van der Waals surface area contributed by atoms with Crippen molar-refractivity contribution in [2.24, 2.45) is 0 Å². The largest absolute Gasteiger partial charge is 0.474 e. The Morgan fingerprint density at radius 2 is 2.13 bits per heavy atom. The first-order valence-electron chi connectivity index (χ1n) is 5.02. The van der Waals surface area contributed by atoms with E-state index in [1.165, 1.54) is 18.9 Å². The number of ether oxygens (including phenoxy) is 1. The molecule has 1 aliphatic carbocycles. The summed E-state index contributed by atoms with van der Waals surface area (Å²) in [6, 6.07) is 5.19. The molecule has 4 heteroatoms. The maximum Gasteiger partial charge on any atom is 0.216 e. The van der Waals surface area contributed by atoms with Gasteiger partial charge in [0.05, 0.1) is 11.6 Å². The Morgan fingerprint density at radius 3 is 2.80 bits per heavy atom. The van der Waals surface area contributed by atoms with E-state index in [2.05, 4.69) is 4.98 Å². The highest BCUT2D eigenvalue weighted by Crippen LogP contribution is 2.24. The second-order valence-electron chi connectivity index (χ2n) is 3.65. The van der Waals surface area contributed by atoms with Crippen molar-refractivity contribution in [1.29, 1.82) is 5.26 Å². The lowest BCUT2D eigenvalue weighted by atomic mass is 10.3. The van der Waals surface area contributed by atoms with Crippen LogP contribution in [0, 0.1) is 11.3 Å². The quantitative estimate of drug-likeness (QED) is 0.723. The van der Waals surface area contributed by atoms with Crippen molar-refractivity contribution in [1.82, 2.24) is 4.98 Å². The van der Waals surface area contributed by atoms with Crippen molar-refractivity contribution in [3.63, 3.8) is 0 Å². The summed E-state index contributed by atoms with van der Waals surface area (Å²) in [5.74, 6) is 0.464. The molecule has 1 saturated carbocycles. The first kappa shape index (κ1) is 10.3. The van der Waals surface area contributed by atoms with Gasteiger partial charge < -0.3 is 4.74 Å². The van der Waals surface area contributed by atoms with Gasteiger partial charge in [0.1, 0.15) is 11.3 Å². The van der Waals surface area contributed by atoms with Gasteiger partial charge in [0.15, 0.2) is 0 Å². The highest BCUT2D eigenvalue weighted by atomic mass is 35.5. The molecule has 0 bridgehead atoms. The van der Waals surface area contributed by atoms with E-state index in [-0.39, 0.29) is 6.10 Å². The predicted molar refractivity (Wildman–Crippen MR) is 56.8 cm³/mol. The van der Waals surface area contributed by atoms with Crippen LogP contribution < -0.4 is 4.74 Å². The fraction of sp³-hybridized carbons (Fsp3) is 0.455. The van der Waals surface area contributed by atoms with Crippen LogP contribution in [0.25, 0.3) is 0 Å². The molecule has 0 radical (unpaired) electrons. The molecular formula is C11H11ClN2O. The normalized spacial score (nSPS) is 16.3. The lowest BCUT2D eigenvalue weighted by molar-refractivity contribution is 0.201. The third-order valence-corrected chi connectivity index (χ3v) is 2.68. The van der Waals surface area contributed by atoms with Crippen LogP contribution in [0.1, 0.15) is 31.2 Å². The van der Waals surface area contributed by atoms with Gasteiger partial charge in [-0.05, 0) is 31.7 Å². The third-order valence-electron chi connectivity index (χ3n) is 2.49. The molecule has 0 saturated heterocycles. The third kappa shape index (κ3) is 2.60. The topological polar surface area (TPSA) is 45.9 Å². The van der Waals surface area contributed by atoms with Crippen LogP contribution in [0.5, 0.6) is 5.88 Å². The molecule has 0 amide bonds. The minimum Gasteiger partial charge on any atom is -0.474 e. The minimum absolute atomic E-state index is 0.238. The van der Waals surface area contributed by atoms with Crippen LogP contribution in [-0.4, -0.2) is 11.1 Å². The van der Waals surface area contributed by atoms with Gasteiger partial charge in [0, 0.05) is 6.07 Å². The smallest absolute Gasteiger partial charge is 0.216 e. The summed E-state index contributed by atoms with van der Waals surface area (Å²) in [4.78, 5) is 4.04. The molecule has 78 valence electrons. The molecule has 1 aromatic heterocycles. The zero-order valence-corrected chi connectivity index (χ0v) is 9.00. The van der Waals surface area contributed by atoms with Crippen molar-refractivity contribution in [2.75, 3.05) is 0 Å². The minimum atomic E-state index is 0.238. The number of rotatable bonds is 2. The van der Waals surface area contributed by atoms with Gasteiger partial charge in [-0.2, -0.15) is 5.26 Å². The zero-order chi connectivity index (χ0) is 10.7. The van der Waals surface area contributed by atoms with Crippen molar-refractivity contribution >= 4 is 11.6 Å². The molecule has 15 heavy (non-hydrogen) atoms. The highest BCUT2D eigenvalue weighted by molar-refractivity contribution is 6.29. The number of pyridine rings is 1. The van der Waals surface area contributed by atoms with Gasteiger partial charge in [-0.25, -0.2) is 4.98 Å². The maximum atomic E-state index is 8.76. The van der Waals surface area contributed by atoms with E-state index in [9.17, 15) is 0 Å². The van der Waals surface area contributed by atoms with E-state index in [4.69, 9.17) is 21.6 Å². The summed E-state index contributed by atoms with van der Waals surface area (Å²) >= 11 is 5.77. The van der Waals surface area contributed by atoms with Crippen LogP contribution in [0.4, 0.5) is 0 Å². The first-order chi connectivity index (χ1) is 7.28. The molecule has 2 rings (SSSR count). The molecule has 1 aliphatic rings. The first-order valence-corrected chi connectivity index (χ1v) is 5.40. The molecule has 3 nitrogen and oxygen atoms in total. The summed E-state index contributed by atoms with van der Waals surface area (Å²) in [6.07, 6.45) is 4.78. The van der Waals surface area contributed by atoms with Crippen molar-refractivity contribution in [3.8, 4) is 11.9 Å². The average molecular weight is 223 g/mol. The molecule has 0 aromatic carbocycles. The SMILES string of the molecule is N#Cc1cc(Cl)nc(OC2CCCC2)c1. The second kappa shape index (κ2) is 4.50. The van der Waals surface area contributed by atoms with Crippen LogP contribution in [0.15, 0.2) is 12.1 Å². The van der Waals surface area contributed by atoms with Crippen LogP contribution in [-0.2, 0) is 0 Å². The summed E-state index contributed by atoms with van der Waals surface area (Å²) in [7, 11) is 0. The van der Waals surface area contributed by atoms with Crippen LogP contribution >= 0.6 is 11.6 Å². The predicted octanol–water partition coefficient (Wildman–Crippen LogP) is 2.93. The van der Waals surface area contributed by atoms with E-state index in [0.29, 0.717) is 16.6 Å². The van der Waals surface area contributed by atoms with E-state index < -0.39 is 0 Å². The van der Waals surface area contributed by atoms with Gasteiger partial charge in [0.2, 0.25) is 5.88 Å². The van der Waals surface area contributed by atoms with Crippen molar-refractivity contribution in [2.45, 2.75) is 31.8 Å². The molecule has 0 spiro atoms. The number of hydrogen-bond donors (Lipinski definition) is 0. The number of halogens is 1. The Labute approximate surface area is 93.6 Å². The van der Waals surface area contributed by atoms with Crippen LogP contribution in [0.2, 0.25) is 5.15 Å². The molecular weight excluding hydrogens is 212 g/mol. The summed E-state index contributed by atoms with van der Waals surface area (Å²) in [5, 5.41) is 9.06. The van der Waals surface area contributed by atoms with Crippen molar-refractivity contribution < 1.29 is 4.74 Å². The van der Waals surface area contributed by atoms with Crippen molar-refractivity contribution in [3.05, 3.63) is 22.8 Å². The standard InChI is InChI=1S/C11H11ClN2O/c12-10-5-8(7-13)6-11(14-10)15-9-3-1-2-4-9/h5-6,9H,1-4H2. The van der Waals surface area contributed by atoms with Gasteiger partial charge in [-0.1, -0.05) is 11.6 Å². The molecule has 0 N–H and O–H groups in total. The van der Waals surface area contributed by atoms with E-state index in [0.717, 1.165) is 12.8 Å². The second-order valence-corrected chi connectivity index (χ2v) is 4.04.